The van der Waals surface area contributed by atoms with E-state index in [1.807, 2.05) is 24.3 Å². The van der Waals surface area contributed by atoms with Crippen LogP contribution >= 0.6 is 0 Å². The molecule has 0 bridgehead atoms. The van der Waals surface area contributed by atoms with E-state index in [4.69, 9.17) is 5.73 Å². The minimum Gasteiger partial charge on any atom is -0.505 e. The summed E-state index contributed by atoms with van der Waals surface area (Å²) in [6.45, 7) is 0.712. The summed E-state index contributed by atoms with van der Waals surface area (Å²) in [5.74, 6) is -0.640. The molecule has 3 N–H and O–H groups in total. The third kappa shape index (κ3) is 3.21. The van der Waals surface area contributed by atoms with Crippen molar-refractivity contribution in [2.75, 3.05) is 11.4 Å². The second kappa shape index (κ2) is 6.72. The number of anilines is 2. The molecule has 0 fully saturated rings. The zero-order chi connectivity index (χ0) is 19.0. The molecule has 1 aliphatic rings. The van der Waals surface area contributed by atoms with Crippen LogP contribution in [0.3, 0.4) is 0 Å². The molecule has 0 aliphatic carbocycles. The van der Waals surface area contributed by atoms with Gasteiger partial charge in [0.15, 0.2) is 11.6 Å². The minimum atomic E-state index is -0.630. The molecule has 0 unspecified atom stereocenters. The maximum atomic E-state index is 13.6. The van der Waals surface area contributed by atoms with Crippen molar-refractivity contribution in [1.29, 1.82) is 0 Å². The Morgan fingerprint density at radius 2 is 2.00 bits per heavy atom. The molecule has 1 amide bonds. The first-order valence-electron chi connectivity index (χ1n) is 8.64. The molecule has 1 aromatic heterocycles. The number of primary amides is 1. The topological polar surface area (TPSA) is 79.5 Å². The Kier molecular flexibility index (Phi) is 4.24. The highest BCUT2D eigenvalue weighted by molar-refractivity contribution is 5.96. The van der Waals surface area contributed by atoms with Crippen LogP contribution in [-0.2, 0) is 12.8 Å². The number of phenolic OH excluding ortho intramolecular Hbond substituents is 1. The predicted molar refractivity (Wildman–Crippen MR) is 101 cm³/mol. The number of hydrogen-bond acceptors (Lipinski definition) is 4. The number of fused-ring (bicyclic) bond motifs is 1. The zero-order valence-electron chi connectivity index (χ0n) is 14.5. The van der Waals surface area contributed by atoms with Gasteiger partial charge in [0.25, 0.3) is 0 Å². The highest BCUT2D eigenvalue weighted by atomic mass is 19.1. The van der Waals surface area contributed by atoms with E-state index in [9.17, 15) is 14.3 Å². The average Bonchev–Trinajstić information content (AvgIpc) is 3.09. The van der Waals surface area contributed by atoms with E-state index in [1.54, 1.807) is 18.3 Å². The van der Waals surface area contributed by atoms with Crippen LogP contribution in [0.4, 0.5) is 15.9 Å². The lowest BCUT2D eigenvalue weighted by atomic mass is 10.0. The van der Waals surface area contributed by atoms with Crippen LogP contribution in [0.5, 0.6) is 5.75 Å². The first-order chi connectivity index (χ1) is 13.0. The van der Waals surface area contributed by atoms with Crippen molar-refractivity contribution in [3.8, 4) is 5.75 Å². The largest absolute Gasteiger partial charge is 0.505 e. The molecule has 3 aromatic rings. The summed E-state index contributed by atoms with van der Waals surface area (Å²) >= 11 is 0. The summed E-state index contributed by atoms with van der Waals surface area (Å²) in [5.41, 5.74) is 9.65. The summed E-state index contributed by atoms with van der Waals surface area (Å²) in [6, 6.07) is 13.7. The Hall–Kier alpha value is -3.41. The van der Waals surface area contributed by atoms with E-state index in [2.05, 4.69) is 9.88 Å². The third-order valence-electron chi connectivity index (χ3n) is 4.80. The number of rotatable bonds is 4. The average molecular weight is 363 g/mol. The molecular formula is C21H18FN3O2. The van der Waals surface area contributed by atoms with Crippen LogP contribution < -0.4 is 10.6 Å². The van der Waals surface area contributed by atoms with Crippen molar-refractivity contribution < 1.29 is 14.3 Å². The Bertz CT molecular complexity index is 1040. The SMILES string of the molecule is NC(=O)c1cccc2c1CCN2c1cc(Cc2ccc(O)c(F)c2)ccn1. The number of nitrogens with zero attached hydrogens (tertiary/aromatic N) is 2. The maximum Gasteiger partial charge on any atom is 0.249 e. The van der Waals surface area contributed by atoms with Crippen LogP contribution in [0.25, 0.3) is 0 Å². The van der Waals surface area contributed by atoms with Gasteiger partial charge in [-0.15, -0.1) is 0 Å². The Balaban J connectivity index is 1.64. The molecule has 27 heavy (non-hydrogen) atoms. The molecule has 4 rings (SSSR count). The van der Waals surface area contributed by atoms with Gasteiger partial charge in [0, 0.05) is 24.0 Å². The van der Waals surface area contributed by atoms with Crippen molar-refractivity contribution in [3.05, 3.63) is 82.8 Å². The monoisotopic (exact) mass is 363 g/mol. The first kappa shape index (κ1) is 17.0. The van der Waals surface area contributed by atoms with Crippen LogP contribution in [0.1, 0.15) is 27.0 Å². The van der Waals surface area contributed by atoms with Crippen LogP contribution in [-0.4, -0.2) is 22.5 Å². The van der Waals surface area contributed by atoms with Crippen molar-refractivity contribution in [1.82, 2.24) is 4.98 Å². The summed E-state index contributed by atoms with van der Waals surface area (Å²) < 4.78 is 13.6. The van der Waals surface area contributed by atoms with Crippen molar-refractivity contribution in [2.45, 2.75) is 12.8 Å². The van der Waals surface area contributed by atoms with Crippen molar-refractivity contribution in [3.63, 3.8) is 0 Å². The van der Waals surface area contributed by atoms with Gasteiger partial charge in [-0.3, -0.25) is 4.79 Å². The van der Waals surface area contributed by atoms with Gasteiger partial charge in [-0.25, -0.2) is 9.37 Å². The Morgan fingerprint density at radius 3 is 2.78 bits per heavy atom. The molecule has 0 radical (unpaired) electrons. The second-order valence-corrected chi connectivity index (χ2v) is 6.55. The predicted octanol–water partition coefficient (Wildman–Crippen LogP) is 3.31. The lowest BCUT2D eigenvalue weighted by Gasteiger charge is -2.19. The molecule has 2 heterocycles. The number of pyridine rings is 1. The molecule has 0 spiro atoms. The molecule has 5 nitrogen and oxygen atoms in total. The van der Waals surface area contributed by atoms with Gasteiger partial charge in [0.1, 0.15) is 5.82 Å². The minimum absolute atomic E-state index is 0.354. The number of nitrogens with two attached hydrogens (primary N) is 1. The number of benzene rings is 2. The third-order valence-corrected chi connectivity index (χ3v) is 4.80. The molecule has 136 valence electrons. The van der Waals surface area contributed by atoms with Gasteiger partial charge in [-0.1, -0.05) is 12.1 Å². The summed E-state index contributed by atoms with van der Waals surface area (Å²) in [6.07, 6.45) is 2.97. The quantitative estimate of drug-likeness (QED) is 0.745. The fourth-order valence-corrected chi connectivity index (χ4v) is 3.52. The van der Waals surface area contributed by atoms with E-state index in [1.165, 1.54) is 12.1 Å². The fraction of sp³-hybridized carbons (Fsp3) is 0.143. The second-order valence-electron chi connectivity index (χ2n) is 6.55. The number of carbonyl (C=O) groups excluding carboxylic acids is 1. The van der Waals surface area contributed by atoms with E-state index < -0.39 is 11.7 Å². The molecule has 0 saturated carbocycles. The number of phenols is 1. The molecule has 0 saturated heterocycles. The summed E-state index contributed by atoms with van der Waals surface area (Å²) in [4.78, 5) is 18.2. The van der Waals surface area contributed by atoms with Gasteiger partial charge in [0.05, 0.1) is 0 Å². The van der Waals surface area contributed by atoms with E-state index in [0.29, 0.717) is 18.5 Å². The molecular weight excluding hydrogens is 345 g/mol. The van der Waals surface area contributed by atoms with E-state index >= 15 is 0 Å². The van der Waals surface area contributed by atoms with Gasteiger partial charge >= 0.3 is 0 Å². The molecule has 2 aromatic carbocycles. The number of carbonyl (C=O) groups is 1. The molecule has 1 aliphatic heterocycles. The highest BCUT2D eigenvalue weighted by Gasteiger charge is 2.25. The van der Waals surface area contributed by atoms with Gasteiger partial charge < -0.3 is 15.7 Å². The molecule has 6 heteroatoms. The Morgan fingerprint density at radius 1 is 1.19 bits per heavy atom. The van der Waals surface area contributed by atoms with Crippen LogP contribution in [0, 0.1) is 5.82 Å². The lowest BCUT2D eigenvalue weighted by molar-refractivity contribution is 0.0999. The van der Waals surface area contributed by atoms with Gasteiger partial charge in [-0.05, 0) is 65.9 Å². The molecule has 0 atom stereocenters. The summed E-state index contributed by atoms with van der Waals surface area (Å²) in [5, 5.41) is 9.33. The fourth-order valence-electron chi connectivity index (χ4n) is 3.52. The summed E-state index contributed by atoms with van der Waals surface area (Å²) in [7, 11) is 0. The van der Waals surface area contributed by atoms with Crippen LogP contribution in [0.15, 0.2) is 54.7 Å². The van der Waals surface area contributed by atoms with Crippen molar-refractivity contribution in [2.24, 2.45) is 5.73 Å². The lowest BCUT2D eigenvalue weighted by Crippen LogP contribution is -2.15. The number of aromatic nitrogens is 1. The number of hydrogen-bond donors (Lipinski definition) is 2. The van der Waals surface area contributed by atoms with Crippen molar-refractivity contribution >= 4 is 17.4 Å². The standard InChI is InChI=1S/C21H18FN3O2/c22-17-11-13(4-5-19(17)26)10-14-6-8-24-20(12-14)25-9-7-15-16(21(23)27)2-1-3-18(15)25/h1-6,8,11-12,26H,7,9-10H2,(H2,23,27). The number of aromatic hydroxyl groups is 1. The number of halogens is 1. The zero-order valence-corrected chi connectivity index (χ0v) is 14.5. The van der Waals surface area contributed by atoms with E-state index in [-0.39, 0.29) is 5.75 Å². The first-order valence-corrected chi connectivity index (χ1v) is 8.64. The van der Waals surface area contributed by atoms with Crippen LogP contribution in [0.2, 0.25) is 0 Å². The number of amides is 1. The van der Waals surface area contributed by atoms with Gasteiger partial charge in [-0.2, -0.15) is 0 Å². The smallest absolute Gasteiger partial charge is 0.249 e. The van der Waals surface area contributed by atoms with E-state index in [0.717, 1.165) is 34.6 Å². The highest BCUT2D eigenvalue weighted by Crippen LogP contribution is 2.35. The Labute approximate surface area is 155 Å². The normalized spacial score (nSPS) is 12.9. The van der Waals surface area contributed by atoms with Gasteiger partial charge in [0.2, 0.25) is 5.91 Å². The maximum absolute atomic E-state index is 13.6.